The maximum Gasteiger partial charge on any atom is 0.338 e. The fourth-order valence-electron chi connectivity index (χ4n) is 2.37. The van der Waals surface area contributed by atoms with E-state index >= 15 is 0 Å². The number of nitrogens with zero attached hydrogens (tertiary/aromatic N) is 1. The first kappa shape index (κ1) is 14.5. The zero-order valence-corrected chi connectivity index (χ0v) is 12.7. The molecular formula is C17H18N2O3. The summed E-state index contributed by atoms with van der Waals surface area (Å²) in [4.78, 5) is 28.4. The summed E-state index contributed by atoms with van der Waals surface area (Å²) in [5.41, 5.74) is 2.67. The summed E-state index contributed by atoms with van der Waals surface area (Å²) >= 11 is 0. The minimum Gasteiger partial charge on any atom is -0.462 e. The van der Waals surface area contributed by atoms with Gasteiger partial charge in [0.15, 0.2) is 0 Å². The number of anilines is 1. The van der Waals surface area contributed by atoms with E-state index in [9.17, 15) is 9.59 Å². The molecule has 1 N–H and O–H groups in total. The lowest BCUT2D eigenvalue weighted by Crippen LogP contribution is -2.15. The van der Waals surface area contributed by atoms with Gasteiger partial charge in [0.05, 0.1) is 23.4 Å². The molecule has 0 unspecified atom stereocenters. The Labute approximate surface area is 128 Å². The standard InChI is InChI=1S/C17H18N2O3/c1-3-22-17(21)13-7-12-6-10(2)9-18-15(12)14(8-13)19-16(20)11-4-5-11/h6-9,11H,3-5H2,1-2H3,(H,19,20). The van der Waals surface area contributed by atoms with Gasteiger partial charge in [-0.1, -0.05) is 0 Å². The van der Waals surface area contributed by atoms with Crippen LogP contribution in [-0.2, 0) is 9.53 Å². The Morgan fingerprint density at radius 2 is 2.09 bits per heavy atom. The van der Waals surface area contributed by atoms with Gasteiger partial charge in [-0.25, -0.2) is 4.79 Å². The van der Waals surface area contributed by atoms with Gasteiger partial charge in [-0.05, 0) is 50.5 Å². The van der Waals surface area contributed by atoms with Gasteiger partial charge in [-0.15, -0.1) is 0 Å². The van der Waals surface area contributed by atoms with Gasteiger partial charge in [0, 0.05) is 17.5 Å². The van der Waals surface area contributed by atoms with E-state index in [-0.39, 0.29) is 11.8 Å². The number of fused-ring (bicyclic) bond motifs is 1. The van der Waals surface area contributed by atoms with Crippen LogP contribution in [0.4, 0.5) is 5.69 Å². The van der Waals surface area contributed by atoms with Gasteiger partial charge < -0.3 is 10.1 Å². The van der Waals surface area contributed by atoms with Crippen molar-refractivity contribution in [2.24, 2.45) is 5.92 Å². The first-order valence-electron chi connectivity index (χ1n) is 7.47. The summed E-state index contributed by atoms with van der Waals surface area (Å²) in [5.74, 6) is -0.316. The Balaban J connectivity index is 2.05. The molecule has 1 saturated carbocycles. The lowest BCUT2D eigenvalue weighted by Gasteiger charge is -2.11. The van der Waals surface area contributed by atoms with E-state index in [1.165, 1.54) is 0 Å². The normalized spacial score (nSPS) is 13.9. The van der Waals surface area contributed by atoms with E-state index in [0.29, 0.717) is 23.4 Å². The van der Waals surface area contributed by atoms with Gasteiger partial charge in [0.1, 0.15) is 0 Å². The molecule has 5 heteroatoms. The highest BCUT2D eigenvalue weighted by Crippen LogP contribution is 2.32. The molecule has 0 atom stereocenters. The summed E-state index contributed by atoms with van der Waals surface area (Å²) < 4.78 is 5.05. The third kappa shape index (κ3) is 2.93. The molecule has 1 aromatic carbocycles. The van der Waals surface area contributed by atoms with E-state index in [1.54, 1.807) is 25.3 Å². The van der Waals surface area contributed by atoms with Crippen molar-refractivity contribution in [1.82, 2.24) is 4.98 Å². The molecule has 0 radical (unpaired) electrons. The maximum absolute atomic E-state index is 12.0. The number of aromatic nitrogens is 1. The van der Waals surface area contributed by atoms with Gasteiger partial charge in [0.25, 0.3) is 0 Å². The smallest absolute Gasteiger partial charge is 0.338 e. The second kappa shape index (κ2) is 5.75. The molecule has 1 aliphatic carbocycles. The van der Waals surface area contributed by atoms with Crippen LogP contribution in [0.15, 0.2) is 24.4 Å². The molecule has 5 nitrogen and oxygen atoms in total. The zero-order valence-electron chi connectivity index (χ0n) is 12.7. The Hall–Kier alpha value is -2.43. The van der Waals surface area contributed by atoms with E-state index in [0.717, 1.165) is 23.8 Å². The molecule has 114 valence electrons. The number of benzene rings is 1. The quantitative estimate of drug-likeness (QED) is 0.881. The molecule has 0 saturated heterocycles. The number of hydrogen-bond acceptors (Lipinski definition) is 4. The highest BCUT2D eigenvalue weighted by molar-refractivity contribution is 6.05. The van der Waals surface area contributed by atoms with Crippen LogP contribution in [0.1, 0.15) is 35.7 Å². The number of pyridine rings is 1. The molecule has 3 rings (SSSR count). The topological polar surface area (TPSA) is 68.3 Å². The molecule has 1 amide bonds. The Bertz CT molecular complexity index is 751. The van der Waals surface area contributed by atoms with Crippen molar-refractivity contribution in [2.45, 2.75) is 26.7 Å². The predicted octanol–water partition coefficient (Wildman–Crippen LogP) is 3.07. The second-order valence-electron chi connectivity index (χ2n) is 5.59. The van der Waals surface area contributed by atoms with Crippen molar-refractivity contribution in [1.29, 1.82) is 0 Å². The number of amides is 1. The first-order chi connectivity index (χ1) is 10.6. The highest BCUT2D eigenvalue weighted by atomic mass is 16.5. The molecule has 0 bridgehead atoms. The lowest BCUT2D eigenvalue weighted by atomic mass is 10.1. The summed E-state index contributed by atoms with van der Waals surface area (Å²) in [6, 6.07) is 5.33. The van der Waals surface area contributed by atoms with Gasteiger partial charge in [0.2, 0.25) is 5.91 Å². The van der Waals surface area contributed by atoms with Gasteiger partial charge in [-0.3, -0.25) is 9.78 Å². The number of rotatable bonds is 4. The predicted molar refractivity (Wildman–Crippen MR) is 83.8 cm³/mol. The Morgan fingerprint density at radius 3 is 2.77 bits per heavy atom. The monoisotopic (exact) mass is 298 g/mol. The van der Waals surface area contributed by atoms with Gasteiger partial charge in [-0.2, -0.15) is 0 Å². The van der Waals surface area contributed by atoms with Crippen LogP contribution in [-0.4, -0.2) is 23.5 Å². The van der Waals surface area contributed by atoms with Crippen molar-refractivity contribution in [3.05, 3.63) is 35.5 Å². The molecule has 0 spiro atoms. The fraction of sp³-hybridized carbons (Fsp3) is 0.353. The van der Waals surface area contributed by atoms with Crippen molar-refractivity contribution in [3.63, 3.8) is 0 Å². The van der Waals surface area contributed by atoms with E-state index in [2.05, 4.69) is 10.3 Å². The number of ether oxygens (including phenoxy) is 1. The van der Waals surface area contributed by atoms with Crippen LogP contribution in [0.25, 0.3) is 10.9 Å². The molecular weight excluding hydrogens is 280 g/mol. The van der Waals surface area contributed by atoms with E-state index < -0.39 is 5.97 Å². The van der Waals surface area contributed by atoms with Crippen molar-refractivity contribution in [2.75, 3.05) is 11.9 Å². The summed E-state index contributed by atoms with van der Waals surface area (Å²) in [6.45, 7) is 4.01. The highest BCUT2D eigenvalue weighted by Gasteiger charge is 2.30. The van der Waals surface area contributed by atoms with Gasteiger partial charge >= 0.3 is 5.97 Å². The minimum atomic E-state index is -0.396. The number of nitrogens with one attached hydrogen (secondary N) is 1. The number of aryl methyl sites for hydroxylation is 1. The van der Waals surface area contributed by atoms with Crippen molar-refractivity contribution >= 4 is 28.5 Å². The van der Waals surface area contributed by atoms with Crippen LogP contribution in [0.3, 0.4) is 0 Å². The summed E-state index contributed by atoms with van der Waals surface area (Å²) in [7, 11) is 0. The zero-order chi connectivity index (χ0) is 15.7. The maximum atomic E-state index is 12.0. The van der Waals surface area contributed by atoms with Crippen molar-refractivity contribution < 1.29 is 14.3 Å². The average molecular weight is 298 g/mol. The Kier molecular flexibility index (Phi) is 3.79. The molecule has 1 aliphatic rings. The van der Waals surface area contributed by atoms with Crippen LogP contribution in [0, 0.1) is 12.8 Å². The third-order valence-electron chi connectivity index (χ3n) is 3.64. The Morgan fingerprint density at radius 1 is 1.32 bits per heavy atom. The molecule has 1 fully saturated rings. The fourth-order valence-corrected chi connectivity index (χ4v) is 2.37. The number of hydrogen-bond donors (Lipinski definition) is 1. The molecule has 1 heterocycles. The SMILES string of the molecule is CCOC(=O)c1cc(NC(=O)C2CC2)c2ncc(C)cc2c1. The third-order valence-corrected chi connectivity index (χ3v) is 3.64. The summed E-state index contributed by atoms with van der Waals surface area (Å²) in [5, 5.41) is 3.71. The van der Waals surface area contributed by atoms with Crippen LogP contribution in [0.2, 0.25) is 0 Å². The lowest BCUT2D eigenvalue weighted by molar-refractivity contribution is -0.117. The van der Waals surface area contributed by atoms with Crippen LogP contribution < -0.4 is 5.32 Å². The van der Waals surface area contributed by atoms with E-state index in [1.807, 2.05) is 13.0 Å². The largest absolute Gasteiger partial charge is 0.462 e. The minimum absolute atomic E-state index is 0.00955. The number of carbonyl (C=O) groups excluding carboxylic acids is 2. The number of esters is 1. The van der Waals surface area contributed by atoms with Crippen molar-refractivity contribution in [3.8, 4) is 0 Å². The van der Waals surface area contributed by atoms with Crippen LogP contribution >= 0.6 is 0 Å². The average Bonchev–Trinajstić information content (AvgIpc) is 3.31. The van der Waals surface area contributed by atoms with Crippen LogP contribution in [0.5, 0.6) is 0 Å². The molecule has 22 heavy (non-hydrogen) atoms. The summed E-state index contributed by atoms with van der Waals surface area (Å²) in [6.07, 6.45) is 3.60. The first-order valence-corrected chi connectivity index (χ1v) is 7.47. The number of carbonyl (C=O) groups is 2. The molecule has 2 aromatic rings. The second-order valence-corrected chi connectivity index (χ2v) is 5.59. The van der Waals surface area contributed by atoms with E-state index in [4.69, 9.17) is 4.74 Å². The molecule has 1 aromatic heterocycles. The molecule has 0 aliphatic heterocycles.